The topological polar surface area (TPSA) is 178 Å². The molecule has 5 amide bonds. The second kappa shape index (κ2) is 19.1. The second-order valence-electron chi connectivity index (χ2n) is 23.6. The molecule has 3 saturated carbocycles. The number of rotatable bonds is 11. The molecule has 1 aromatic carbocycles. The molecule has 5 aliphatic heterocycles. The summed E-state index contributed by atoms with van der Waals surface area (Å²) in [7, 11) is 0. The van der Waals surface area contributed by atoms with Crippen LogP contribution in [0.15, 0.2) is 48.9 Å². The van der Waals surface area contributed by atoms with E-state index in [-0.39, 0.29) is 59.5 Å². The van der Waals surface area contributed by atoms with Gasteiger partial charge in [-0.2, -0.15) is 0 Å². The van der Waals surface area contributed by atoms with Crippen molar-refractivity contribution in [2.75, 3.05) is 54.8 Å². The monoisotopic (exact) mass is 992 g/mol. The fourth-order valence-electron chi connectivity index (χ4n) is 13.6. The first-order valence-electron chi connectivity index (χ1n) is 27.9. The molecule has 8 heterocycles. The first-order valence-corrected chi connectivity index (χ1v) is 27.9. The number of imidazole rings is 1. The van der Waals surface area contributed by atoms with Crippen molar-refractivity contribution >= 4 is 57.9 Å². The molecule has 16 nitrogen and oxygen atoms in total. The maximum Gasteiger partial charge on any atom is 0.238 e. The van der Waals surface area contributed by atoms with Gasteiger partial charge in [0.2, 0.25) is 29.5 Å². The maximum atomic E-state index is 15.3. The molecular formula is C57H73N11O5. The summed E-state index contributed by atoms with van der Waals surface area (Å²) in [4.78, 5) is 91.3. The lowest BCUT2D eigenvalue weighted by molar-refractivity contribution is -0.150. The Morgan fingerprint density at radius 2 is 1.48 bits per heavy atom. The summed E-state index contributed by atoms with van der Waals surface area (Å²) in [6, 6.07) is 14.0. The molecule has 4 saturated heterocycles. The molecule has 16 heteroatoms. The Labute approximate surface area is 428 Å². The number of nitrogens with one attached hydrogen (secondary N) is 3. The fourth-order valence-corrected chi connectivity index (χ4v) is 13.6. The van der Waals surface area contributed by atoms with Crippen LogP contribution in [0.2, 0.25) is 0 Å². The standard InChI is InChI=1S/C57H73N11O5/c1-35(2)67-34-59-46-32-45(62-51(50(46)67)61-40-13-14-40)37-9-16-44-47(29-37)68(42-30-41(31-42)64-23-5-4-6-24-64)55(73)57(44)21-27-66(28-22-57)54(72)56(3)19-25-65(26-20-56)53(71)36-7-11-39(12-8-36)60-48-17-10-38(33-58-48)43-15-18-49(69)63-52(43)70/h9-10,16-17,29,32-36,39-43H,4-8,11-15,18-28,30-31H2,1-3H3,(H,58,60)(H,61,62)(H,63,69,70). The molecule has 12 rings (SSSR count). The lowest BCUT2D eigenvalue weighted by atomic mass is 9.72. The Kier molecular flexibility index (Phi) is 12.6. The summed E-state index contributed by atoms with van der Waals surface area (Å²) in [6.07, 6.45) is 18.3. The van der Waals surface area contributed by atoms with Gasteiger partial charge in [-0.15, -0.1) is 0 Å². The first-order chi connectivity index (χ1) is 35.3. The molecule has 3 aromatic heterocycles. The SMILES string of the molecule is CC(C)n1cnc2cc(-c3ccc4c(c3)N(C3CC(N5CCCCC5)C3)C(=O)C43CCN(C(=O)C4(C)CCN(C(=O)C5CCC(Nc6ccc(C7CCC(=O)NC7=O)cn6)CC5)CC4)CC3)nc(NC3CC3)c21. The summed E-state index contributed by atoms with van der Waals surface area (Å²) < 4.78 is 2.20. The molecule has 386 valence electrons. The summed E-state index contributed by atoms with van der Waals surface area (Å²) in [6.45, 7) is 10.9. The normalized spacial score (nSPS) is 27.3. The number of carbonyl (C=O) groups is 5. The van der Waals surface area contributed by atoms with E-state index in [2.05, 4.69) is 80.3 Å². The molecular weight excluding hydrogens is 919 g/mol. The van der Waals surface area contributed by atoms with E-state index in [0.717, 1.165) is 115 Å². The number of fused-ring (bicyclic) bond motifs is 3. The molecule has 73 heavy (non-hydrogen) atoms. The zero-order valence-corrected chi connectivity index (χ0v) is 43.0. The van der Waals surface area contributed by atoms with Crippen molar-refractivity contribution < 1.29 is 24.0 Å². The van der Waals surface area contributed by atoms with E-state index in [9.17, 15) is 19.2 Å². The minimum atomic E-state index is -0.684. The summed E-state index contributed by atoms with van der Waals surface area (Å²) in [5.74, 6) is 1.28. The van der Waals surface area contributed by atoms with Crippen LogP contribution in [0, 0.1) is 11.3 Å². The third-order valence-electron chi connectivity index (χ3n) is 18.5. The number of hydrogen-bond donors (Lipinski definition) is 3. The van der Waals surface area contributed by atoms with Crippen LogP contribution in [0.1, 0.15) is 153 Å². The van der Waals surface area contributed by atoms with E-state index in [1.54, 1.807) is 6.20 Å². The van der Waals surface area contributed by atoms with E-state index in [4.69, 9.17) is 9.97 Å². The minimum Gasteiger partial charge on any atom is -0.367 e. The number of imide groups is 1. The first kappa shape index (κ1) is 48.1. The lowest BCUT2D eigenvalue weighted by Crippen LogP contribution is -2.59. The Bertz CT molecular complexity index is 2790. The van der Waals surface area contributed by atoms with Crippen molar-refractivity contribution in [3.63, 3.8) is 0 Å². The molecule has 1 atom stereocenters. The Morgan fingerprint density at radius 3 is 2.16 bits per heavy atom. The zero-order chi connectivity index (χ0) is 50.2. The zero-order valence-electron chi connectivity index (χ0n) is 43.0. The molecule has 1 spiro atoms. The molecule has 8 aliphatic rings. The minimum absolute atomic E-state index is 0.0337. The highest BCUT2D eigenvalue weighted by atomic mass is 16.2. The number of carbonyl (C=O) groups excluding carboxylic acids is 5. The number of amides is 5. The van der Waals surface area contributed by atoms with Crippen LogP contribution in [0.3, 0.4) is 0 Å². The molecule has 4 aromatic rings. The Hall–Kier alpha value is -5.90. The Morgan fingerprint density at radius 1 is 0.767 bits per heavy atom. The molecule has 7 fully saturated rings. The van der Waals surface area contributed by atoms with Gasteiger partial charge in [-0.1, -0.05) is 31.5 Å². The van der Waals surface area contributed by atoms with Crippen molar-refractivity contribution in [3.05, 3.63) is 60.0 Å². The molecule has 0 radical (unpaired) electrons. The number of likely N-dealkylation sites (tertiary alicyclic amines) is 3. The highest BCUT2D eigenvalue weighted by Crippen LogP contribution is 2.53. The molecule has 3 aliphatic carbocycles. The largest absolute Gasteiger partial charge is 0.367 e. The third kappa shape index (κ3) is 8.96. The van der Waals surface area contributed by atoms with Crippen molar-refractivity contribution in [1.29, 1.82) is 0 Å². The van der Waals surface area contributed by atoms with E-state index >= 15 is 4.79 Å². The van der Waals surface area contributed by atoms with Crippen LogP contribution in [0.25, 0.3) is 22.3 Å². The van der Waals surface area contributed by atoms with E-state index < -0.39 is 10.8 Å². The van der Waals surface area contributed by atoms with Crippen LogP contribution in [0.4, 0.5) is 17.3 Å². The van der Waals surface area contributed by atoms with Crippen LogP contribution >= 0.6 is 0 Å². The molecule has 3 N–H and O–H groups in total. The van der Waals surface area contributed by atoms with Gasteiger partial charge in [0.15, 0.2) is 5.82 Å². The Balaban J connectivity index is 0.691. The summed E-state index contributed by atoms with van der Waals surface area (Å²) in [5.41, 5.74) is 5.46. The lowest BCUT2D eigenvalue weighted by Gasteiger charge is -2.48. The van der Waals surface area contributed by atoms with Crippen LogP contribution in [0.5, 0.6) is 0 Å². The van der Waals surface area contributed by atoms with Gasteiger partial charge in [0.1, 0.15) is 11.3 Å². The predicted molar refractivity (Wildman–Crippen MR) is 280 cm³/mol. The predicted octanol–water partition coefficient (Wildman–Crippen LogP) is 7.69. The highest BCUT2D eigenvalue weighted by molar-refractivity contribution is 6.09. The number of benzene rings is 1. The molecule has 1 unspecified atom stereocenters. The van der Waals surface area contributed by atoms with Crippen LogP contribution in [-0.4, -0.2) is 127 Å². The van der Waals surface area contributed by atoms with Gasteiger partial charge in [0, 0.05) is 91.6 Å². The third-order valence-corrected chi connectivity index (χ3v) is 18.5. The number of hydrogen-bond acceptors (Lipinski definition) is 11. The van der Waals surface area contributed by atoms with Gasteiger partial charge in [-0.25, -0.2) is 15.0 Å². The second-order valence-corrected chi connectivity index (χ2v) is 23.6. The number of aromatic nitrogens is 4. The van der Waals surface area contributed by atoms with Crippen LogP contribution in [-0.2, 0) is 29.4 Å². The van der Waals surface area contributed by atoms with Crippen molar-refractivity contribution in [2.45, 2.75) is 171 Å². The smallest absolute Gasteiger partial charge is 0.238 e. The van der Waals surface area contributed by atoms with Gasteiger partial charge >= 0.3 is 0 Å². The van der Waals surface area contributed by atoms with Gasteiger partial charge in [-0.05, 0) is 153 Å². The van der Waals surface area contributed by atoms with Crippen LogP contribution < -0.4 is 20.9 Å². The maximum absolute atomic E-state index is 15.3. The fraction of sp³-hybridized carbons (Fsp3) is 0.614. The number of piperidine rings is 4. The summed E-state index contributed by atoms with van der Waals surface area (Å²) in [5, 5.41) is 9.66. The van der Waals surface area contributed by atoms with Gasteiger partial charge in [0.25, 0.3) is 0 Å². The molecule has 0 bridgehead atoms. The number of anilines is 3. The van der Waals surface area contributed by atoms with Crippen molar-refractivity contribution in [1.82, 2.24) is 39.5 Å². The van der Waals surface area contributed by atoms with Gasteiger partial charge in [0.05, 0.1) is 28.9 Å². The van der Waals surface area contributed by atoms with Gasteiger partial charge in [-0.3, -0.25) is 29.3 Å². The van der Waals surface area contributed by atoms with E-state index in [1.165, 1.54) is 19.3 Å². The highest BCUT2D eigenvalue weighted by Gasteiger charge is 2.56. The average molecular weight is 992 g/mol. The van der Waals surface area contributed by atoms with E-state index in [1.807, 2.05) is 28.3 Å². The van der Waals surface area contributed by atoms with Gasteiger partial charge < -0.3 is 34.8 Å². The van der Waals surface area contributed by atoms with Crippen molar-refractivity contribution in [3.8, 4) is 11.3 Å². The summed E-state index contributed by atoms with van der Waals surface area (Å²) >= 11 is 0. The number of nitrogens with zero attached hydrogens (tertiary/aromatic N) is 8. The van der Waals surface area contributed by atoms with E-state index in [0.29, 0.717) is 76.8 Å². The van der Waals surface area contributed by atoms with Crippen molar-refractivity contribution in [2.24, 2.45) is 11.3 Å². The quantitative estimate of drug-likeness (QED) is 0.126. The average Bonchev–Trinajstić information content (AvgIpc) is 4.06. The number of pyridine rings is 2.